The summed E-state index contributed by atoms with van der Waals surface area (Å²) in [7, 11) is 1.59. The van der Waals surface area contributed by atoms with Crippen molar-refractivity contribution in [3.05, 3.63) is 41.7 Å². The zero-order chi connectivity index (χ0) is 13.0. The maximum Gasteiger partial charge on any atom is 0.322 e. The van der Waals surface area contributed by atoms with Crippen LogP contribution in [0.2, 0.25) is 0 Å². The Bertz CT molecular complexity index is 544. The lowest BCUT2D eigenvalue weighted by molar-refractivity contribution is 0.279. The van der Waals surface area contributed by atoms with Crippen molar-refractivity contribution in [2.24, 2.45) is 0 Å². The molecule has 1 heterocycles. The summed E-state index contributed by atoms with van der Waals surface area (Å²) in [6, 6.07) is 7.44. The van der Waals surface area contributed by atoms with Gasteiger partial charge >= 0.3 is 6.01 Å². The van der Waals surface area contributed by atoms with Crippen LogP contribution in [0.4, 0.5) is 0 Å². The smallest absolute Gasteiger partial charge is 0.322 e. The molecule has 1 aromatic heterocycles. The number of hydrogen-bond acceptors (Lipinski definition) is 5. The largest absolute Gasteiger partial charge is 0.497 e. The summed E-state index contributed by atoms with van der Waals surface area (Å²) >= 11 is 0. The number of aromatic nitrogens is 2. The summed E-state index contributed by atoms with van der Waals surface area (Å²) < 4.78 is 10.6. The predicted octanol–water partition coefficient (Wildman–Crippen LogP) is 2.08. The number of methoxy groups -OCH3 is 1. The van der Waals surface area contributed by atoms with E-state index in [1.54, 1.807) is 32.4 Å². The van der Waals surface area contributed by atoms with Crippen LogP contribution >= 0.6 is 0 Å². The van der Waals surface area contributed by atoms with E-state index in [0.29, 0.717) is 22.8 Å². The van der Waals surface area contributed by atoms with Crippen LogP contribution in [0.15, 0.2) is 30.5 Å². The van der Waals surface area contributed by atoms with Gasteiger partial charge in [-0.15, -0.1) is 0 Å². The first-order valence-corrected chi connectivity index (χ1v) is 5.48. The number of rotatable bonds is 4. The summed E-state index contributed by atoms with van der Waals surface area (Å²) in [6.07, 6.45) is 1.55. The molecule has 1 aromatic carbocycles. The molecule has 0 aliphatic rings. The number of ether oxygens (including phenoxy) is 2. The van der Waals surface area contributed by atoms with Crippen LogP contribution in [0.3, 0.4) is 0 Å². The molecule has 0 saturated carbocycles. The van der Waals surface area contributed by atoms with Crippen molar-refractivity contribution in [1.82, 2.24) is 9.97 Å². The van der Waals surface area contributed by atoms with E-state index < -0.39 is 0 Å². The second-order valence-corrected chi connectivity index (χ2v) is 3.70. The average Bonchev–Trinajstić information content (AvgIpc) is 2.39. The van der Waals surface area contributed by atoms with E-state index in [1.165, 1.54) is 0 Å². The molecule has 0 amide bonds. The topological polar surface area (TPSA) is 64.5 Å². The van der Waals surface area contributed by atoms with Crippen molar-refractivity contribution >= 4 is 0 Å². The Kier molecular flexibility index (Phi) is 3.74. The standard InChI is InChI=1S/C13H14N2O3/c1-9-10(8-16)7-14-13(15-9)18-12-5-3-4-11(6-12)17-2/h3-7,16H,8H2,1-2H3. The van der Waals surface area contributed by atoms with E-state index in [1.807, 2.05) is 12.1 Å². The molecule has 5 nitrogen and oxygen atoms in total. The van der Waals surface area contributed by atoms with Gasteiger partial charge in [-0.1, -0.05) is 6.07 Å². The van der Waals surface area contributed by atoms with Gasteiger partial charge in [-0.2, -0.15) is 4.98 Å². The summed E-state index contributed by atoms with van der Waals surface area (Å²) in [5.74, 6) is 1.31. The van der Waals surface area contributed by atoms with E-state index in [2.05, 4.69) is 9.97 Å². The monoisotopic (exact) mass is 246 g/mol. The van der Waals surface area contributed by atoms with Gasteiger partial charge in [-0.25, -0.2) is 4.98 Å². The summed E-state index contributed by atoms with van der Waals surface area (Å²) in [5.41, 5.74) is 1.39. The number of benzene rings is 1. The van der Waals surface area contributed by atoms with Crippen LogP contribution in [-0.2, 0) is 6.61 Å². The Morgan fingerprint density at radius 2 is 2.06 bits per heavy atom. The fraction of sp³-hybridized carbons (Fsp3) is 0.231. The van der Waals surface area contributed by atoms with Crippen molar-refractivity contribution in [3.63, 3.8) is 0 Å². The van der Waals surface area contributed by atoms with E-state index in [0.717, 1.165) is 0 Å². The molecule has 2 rings (SSSR count). The lowest BCUT2D eigenvalue weighted by Crippen LogP contribution is -1.98. The van der Waals surface area contributed by atoms with Crippen molar-refractivity contribution < 1.29 is 14.6 Å². The van der Waals surface area contributed by atoms with Gasteiger partial charge in [0.2, 0.25) is 0 Å². The van der Waals surface area contributed by atoms with E-state index >= 15 is 0 Å². The van der Waals surface area contributed by atoms with E-state index in [9.17, 15) is 0 Å². The summed E-state index contributed by atoms with van der Waals surface area (Å²) in [5, 5.41) is 9.03. The van der Waals surface area contributed by atoms with Gasteiger partial charge < -0.3 is 14.6 Å². The fourth-order valence-electron chi connectivity index (χ4n) is 1.45. The summed E-state index contributed by atoms with van der Waals surface area (Å²) in [4.78, 5) is 8.19. The van der Waals surface area contributed by atoms with Gasteiger partial charge in [0.15, 0.2) is 0 Å². The maximum atomic E-state index is 9.03. The van der Waals surface area contributed by atoms with Crippen LogP contribution in [0, 0.1) is 6.92 Å². The first-order chi connectivity index (χ1) is 8.72. The molecule has 18 heavy (non-hydrogen) atoms. The van der Waals surface area contributed by atoms with E-state index in [-0.39, 0.29) is 12.6 Å². The third-order valence-corrected chi connectivity index (χ3v) is 2.48. The molecule has 0 radical (unpaired) electrons. The van der Waals surface area contributed by atoms with Crippen LogP contribution < -0.4 is 9.47 Å². The first-order valence-electron chi connectivity index (χ1n) is 5.48. The van der Waals surface area contributed by atoms with Crippen LogP contribution in [0.1, 0.15) is 11.3 Å². The molecule has 0 aliphatic carbocycles. The minimum Gasteiger partial charge on any atom is -0.497 e. The highest BCUT2D eigenvalue weighted by Gasteiger charge is 2.05. The van der Waals surface area contributed by atoms with Gasteiger partial charge in [0.25, 0.3) is 0 Å². The Labute approximate surface area is 105 Å². The third-order valence-electron chi connectivity index (χ3n) is 2.48. The molecule has 0 bridgehead atoms. The molecule has 2 aromatic rings. The predicted molar refractivity (Wildman–Crippen MR) is 65.8 cm³/mol. The summed E-state index contributed by atoms with van der Waals surface area (Å²) in [6.45, 7) is 1.72. The van der Waals surface area contributed by atoms with Gasteiger partial charge in [-0.3, -0.25) is 0 Å². The minimum atomic E-state index is -0.0781. The Hall–Kier alpha value is -2.14. The number of nitrogens with zero attached hydrogens (tertiary/aromatic N) is 2. The zero-order valence-corrected chi connectivity index (χ0v) is 10.3. The molecule has 1 N–H and O–H groups in total. The van der Waals surface area contributed by atoms with Crippen LogP contribution in [0.25, 0.3) is 0 Å². The molecule has 0 atom stereocenters. The van der Waals surface area contributed by atoms with Crippen molar-refractivity contribution in [2.75, 3.05) is 7.11 Å². The van der Waals surface area contributed by atoms with Gasteiger partial charge in [0, 0.05) is 17.8 Å². The Morgan fingerprint density at radius 1 is 1.28 bits per heavy atom. The molecule has 0 fully saturated rings. The molecule has 94 valence electrons. The second-order valence-electron chi connectivity index (χ2n) is 3.70. The molecule has 0 saturated heterocycles. The highest BCUT2D eigenvalue weighted by Crippen LogP contribution is 2.23. The SMILES string of the molecule is COc1cccc(Oc2ncc(CO)c(C)n2)c1. The van der Waals surface area contributed by atoms with Crippen LogP contribution in [0.5, 0.6) is 17.5 Å². The highest BCUT2D eigenvalue weighted by molar-refractivity contribution is 5.34. The maximum absolute atomic E-state index is 9.03. The number of aliphatic hydroxyl groups excluding tert-OH is 1. The Balaban J connectivity index is 2.20. The molecular weight excluding hydrogens is 232 g/mol. The molecule has 0 aliphatic heterocycles. The van der Waals surface area contributed by atoms with Crippen molar-refractivity contribution in [2.45, 2.75) is 13.5 Å². The highest BCUT2D eigenvalue weighted by atomic mass is 16.5. The van der Waals surface area contributed by atoms with Gasteiger partial charge in [0.05, 0.1) is 19.4 Å². The molecule has 5 heteroatoms. The lowest BCUT2D eigenvalue weighted by Gasteiger charge is -2.07. The third kappa shape index (κ3) is 2.75. The normalized spacial score (nSPS) is 10.2. The first kappa shape index (κ1) is 12.3. The number of aliphatic hydroxyl groups is 1. The molecule has 0 unspecified atom stereocenters. The number of hydrogen-bond donors (Lipinski definition) is 1. The molecular formula is C13H14N2O3. The lowest BCUT2D eigenvalue weighted by atomic mass is 10.3. The zero-order valence-electron chi connectivity index (χ0n) is 10.3. The van der Waals surface area contributed by atoms with Crippen LogP contribution in [-0.4, -0.2) is 22.2 Å². The van der Waals surface area contributed by atoms with Crippen molar-refractivity contribution in [3.8, 4) is 17.5 Å². The fourth-order valence-corrected chi connectivity index (χ4v) is 1.45. The van der Waals surface area contributed by atoms with Gasteiger partial charge in [0.1, 0.15) is 11.5 Å². The minimum absolute atomic E-state index is 0.0781. The second kappa shape index (κ2) is 5.46. The quantitative estimate of drug-likeness (QED) is 0.894. The Morgan fingerprint density at radius 3 is 2.72 bits per heavy atom. The van der Waals surface area contributed by atoms with Crippen molar-refractivity contribution in [1.29, 1.82) is 0 Å². The van der Waals surface area contributed by atoms with Gasteiger partial charge in [-0.05, 0) is 19.1 Å². The average molecular weight is 246 g/mol. The van der Waals surface area contributed by atoms with E-state index in [4.69, 9.17) is 14.6 Å². The molecule has 0 spiro atoms. The number of aryl methyl sites for hydroxylation is 1.